The van der Waals surface area contributed by atoms with Gasteiger partial charge in [0, 0.05) is 46.2 Å². The van der Waals surface area contributed by atoms with Crippen LogP contribution in [0.1, 0.15) is 103 Å². The average Bonchev–Trinajstić information content (AvgIpc) is 3.76. The van der Waals surface area contributed by atoms with Crippen LogP contribution in [0.4, 0.5) is 28.6 Å². The van der Waals surface area contributed by atoms with Crippen LogP contribution in [-0.2, 0) is 16.2 Å². The summed E-state index contributed by atoms with van der Waals surface area (Å²) >= 11 is 0. The first-order valence-corrected chi connectivity index (χ1v) is 21.7. The molecule has 7 aromatic rings. The summed E-state index contributed by atoms with van der Waals surface area (Å²) in [5.41, 5.74) is 16.2. The van der Waals surface area contributed by atoms with Gasteiger partial charge in [0.05, 0.1) is 11.1 Å². The number of dihydropyridines is 1. The third-order valence-electron chi connectivity index (χ3n) is 13.1. The van der Waals surface area contributed by atoms with Crippen LogP contribution in [0.25, 0.3) is 33.1 Å². The Morgan fingerprint density at radius 1 is 0.683 bits per heavy atom. The fraction of sp³-hybridized carbons (Fsp3) is 0.291. The highest BCUT2D eigenvalue weighted by Crippen LogP contribution is 2.59. The molecule has 3 heterocycles. The number of fused-ring (bicyclic) bond motifs is 7. The lowest BCUT2D eigenvalue weighted by molar-refractivity contribution is 0.490. The zero-order valence-electron chi connectivity index (χ0n) is 37.0. The summed E-state index contributed by atoms with van der Waals surface area (Å²) in [4.78, 5) is 9.83. The van der Waals surface area contributed by atoms with Crippen molar-refractivity contribution in [3.8, 4) is 11.1 Å². The van der Waals surface area contributed by atoms with Crippen molar-refractivity contribution < 1.29 is 4.42 Å². The first kappa shape index (κ1) is 39.4. The van der Waals surface area contributed by atoms with Crippen molar-refractivity contribution in [1.29, 1.82) is 0 Å². The number of nitrogens with one attached hydrogen (secondary N) is 1. The molecule has 0 spiro atoms. The van der Waals surface area contributed by atoms with E-state index in [1.165, 1.54) is 39.0 Å². The molecule has 0 radical (unpaired) electrons. The van der Waals surface area contributed by atoms with Gasteiger partial charge in [-0.3, -0.25) is 9.80 Å². The molecule has 5 nitrogen and oxygen atoms in total. The van der Waals surface area contributed by atoms with E-state index in [0.717, 1.165) is 81.3 Å². The first-order valence-electron chi connectivity index (χ1n) is 21.7. The number of rotatable bonds is 8. The number of nitrogens with zero attached hydrogens (tertiary/aromatic N) is 3. The highest BCUT2D eigenvalue weighted by molar-refractivity contribution is 6.19. The average molecular weight is 791 g/mol. The van der Waals surface area contributed by atoms with Crippen LogP contribution >= 0.6 is 0 Å². The molecule has 1 aliphatic heterocycles. The van der Waals surface area contributed by atoms with Crippen LogP contribution in [-0.4, -0.2) is 11.5 Å². The van der Waals surface area contributed by atoms with Gasteiger partial charge in [-0.15, -0.1) is 0 Å². The van der Waals surface area contributed by atoms with Crippen molar-refractivity contribution in [3.63, 3.8) is 0 Å². The van der Waals surface area contributed by atoms with Gasteiger partial charge in [-0.05, 0) is 132 Å². The molecule has 0 bridgehead atoms. The van der Waals surface area contributed by atoms with Gasteiger partial charge in [0.1, 0.15) is 22.8 Å². The Hall–Kier alpha value is -6.07. The number of furan rings is 1. The van der Waals surface area contributed by atoms with Crippen LogP contribution in [0, 0.1) is 6.92 Å². The van der Waals surface area contributed by atoms with E-state index in [0.29, 0.717) is 0 Å². The van der Waals surface area contributed by atoms with Crippen LogP contribution < -0.4 is 15.1 Å². The van der Waals surface area contributed by atoms with Gasteiger partial charge in [-0.2, -0.15) is 0 Å². The predicted molar refractivity (Wildman–Crippen MR) is 254 cm³/mol. The van der Waals surface area contributed by atoms with Gasteiger partial charge < -0.3 is 9.73 Å². The maximum atomic E-state index is 7.09. The van der Waals surface area contributed by atoms with Crippen LogP contribution in [0.5, 0.6) is 0 Å². The molecule has 9 rings (SSSR count). The molecule has 5 heteroatoms. The number of allylic oxidation sites excluding steroid dienone is 2. The van der Waals surface area contributed by atoms with E-state index in [4.69, 9.17) is 9.40 Å². The van der Waals surface area contributed by atoms with E-state index < -0.39 is 0 Å². The number of hydrogen-bond acceptors (Lipinski definition) is 5. The standard InChI is InChI=1S/C55H58N4O/c1-11-55(12-2)44-31-41(58(48-29-17-35(3)33-56-48)39-23-19-37(20-24-39)53(5,6)7)27-28-42(44)50-45(55)32-46(51-43-15-13-14-16-47(43)60-52(50)51)59(49-30-18-36(4)34-57-49)40-25-21-38(22-26-40)54(8,9)10/h13-32,34,56H,11-12,33H2,1-10H3. The number of pyridine rings is 1. The second-order valence-electron chi connectivity index (χ2n) is 19.0. The number of aromatic nitrogens is 1. The normalized spacial score (nSPS) is 14.7. The summed E-state index contributed by atoms with van der Waals surface area (Å²) in [5, 5.41) is 5.94. The lowest BCUT2D eigenvalue weighted by atomic mass is 9.73. The Bertz CT molecular complexity index is 2800. The van der Waals surface area contributed by atoms with Gasteiger partial charge in [-0.25, -0.2) is 4.98 Å². The molecule has 0 fully saturated rings. The predicted octanol–water partition coefficient (Wildman–Crippen LogP) is 15.0. The summed E-state index contributed by atoms with van der Waals surface area (Å²) in [6.45, 7) is 23.4. The van der Waals surface area contributed by atoms with E-state index in [2.05, 4.69) is 206 Å². The molecule has 304 valence electrons. The molecule has 2 aromatic heterocycles. The van der Waals surface area contributed by atoms with Crippen LogP contribution in [0.2, 0.25) is 0 Å². The van der Waals surface area contributed by atoms with E-state index >= 15 is 0 Å². The molecule has 60 heavy (non-hydrogen) atoms. The number of benzene rings is 5. The van der Waals surface area contributed by atoms with Crippen molar-refractivity contribution in [2.24, 2.45) is 0 Å². The second kappa shape index (κ2) is 14.6. The third-order valence-corrected chi connectivity index (χ3v) is 13.1. The highest BCUT2D eigenvalue weighted by Gasteiger charge is 2.44. The largest absolute Gasteiger partial charge is 0.455 e. The van der Waals surface area contributed by atoms with E-state index in [-0.39, 0.29) is 16.2 Å². The second-order valence-corrected chi connectivity index (χ2v) is 19.0. The molecule has 0 saturated carbocycles. The fourth-order valence-corrected chi connectivity index (χ4v) is 9.50. The molecule has 1 N–H and O–H groups in total. The van der Waals surface area contributed by atoms with Crippen molar-refractivity contribution in [3.05, 3.63) is 167 Å². The lowest BCUT2D eigenvalue weighted by Gasteiger charge is -2.34. The molecule has 0 atom stereocenters. The first-order chi connectivity index (χ1) is 28.7. The Morgan fingerprint density at radius 2 is 1.32 bits per heavy atom. The van der Waals surface area contributed by atoms with E-state index in [9.17, 15) is 0 Å². The summed E-state index contributed by atoms with van der Waals surface area (Å²) in [6, 6.07) is 40.6. The molecule has 5 aromatic carbocycles. The summed E-state index contributed by atoms with van der Waals surface area (Å²) < 4.78 is 7.09. The SMILES string of the molecule is CCC1(CC)c2cc(N(C3=CC=C(C)CN3)c3ccc(C(C)(C)C)cc3)ccc2-c2c1cc(N(c1ccc(C(C)(C)C)cc1)c1ccc(C)cn1)c1c2oc2ccccc21. The Labute approximate surface area is 356 Å². The third kappa shape index (κ3) is 6.50. The van der Waals surface area contributed by atoms with Crippen molar-refractivity contribution in [2.75, 3.05) is 16.3 Å². The van der Waals surface area contributed by atoms with Crippen LogP contribution in [0.3, 0.4) is 0 Å². The maximum Gasteiger partial charge on any atom is 0.145 e. The quantitative estimate of drug-likeness (QED) is 0.166. The van der Waals surface area contributed by atoms with Crippen molar-refractivity contribution in [2.45, 2.75) is 98.3 Å². The van der Waals surface area contributed by atoms with E-state index in [1.807, 2.05) is 6.20 Å². The minimum Gasteiger partial charge on any atom is -0.455 e. The smallest absolute Gasteiger partial charge is 0.145 e. The molecule has 0 amide bonds. The number of hydrogen-bond donors (Lipinski definition) is 1. The van der Waals surface area contributed by atoms with Crippen LogP contribution in [0.15, 0.2) is 143 Å². The van der Waals surface area contributed by atoms with Gasteiger partial charge in [0.2, 0.25) is 0 Å². The highest BCUT2D eigenvalue weighted by atomic mass is 16.3. The van der Waals surface area contributed by atoms with Gasteiger partial charge in [0.15, 0.2) is 0 Å². The summed E-state index contributed by atoms with van der Waals surface area (Å²) in [7, 11) is 0. The molecule has 1 aliphatic carbocycles. The number of anilines is 5. The van der Waals surface area contributed by atoms with E-state index in [1.54, 1.807) is 0 Å². The number of aryl methyl sites for hydroxylation is 1. The van der Waals surface area contributed by atoms with Crippen molar-refractivity contribution >= 4 is 50.5 Å². The van der Waals surface area contributed by atoms with Crippen molar-refractivity contribution in [1.82, 2.24) is 10.3 Å². The van der Waals surface area contributed by atoms with Gasteiger partial charge >= 0.3 is 0 Å². The monoisotopic (exact) mass is 790 g/mol. The molecule has 0 saturated heterocycles. The number of para-hydroxylation sites is 1. The summed E-state index contributed by atoms with van der Waals surface area (Å²) in [6.07, 6.45) is 8.30. The molecule has 2 aliphatic rings. The zero-order valence-corrected chi connectivity index (χ0v) is 37.0. The Morgan fingerprint density at radius 3 is 1.90 bits per heavy atom. The molecular formula is C55H58N4O. The molecular weight excluding hydrogens is 733 g/mol. The topological polar surface area (TPSA) is 44.5 Å². The lowest BCUT2D eigenvalue weighted by Crippen LogP contribution is -2.31. The Balaban J connectivity index is 1.30. The van der Waals surface area contributed by atoms with Gasteiger partial charge in [-0.1, -0.05) is 122 Å². The fourth-order valence-electron chi connectivity index (χ4n) is 9.50. The minimum absolute atomic E-state index is 0.0320. The van der Waals surface area contributed by atoms with Gasteiger partial charge in [0.25, 0.3) is 0 Å². The maximum absolute atomic E-state index is 7.09. The molecule has 0 unspecified atom stereocenters. The Kier molecular flexibility index (Phi) is 9.58. The summed E-state index contributed by atoms with van der Waals surface area (Å²) in [5.74, 6) is 1.94. The zero-order chi connectivity index (χ0) is 42.1. The minimum atomic E-state index is -0.266.